The molecule has 0 fully saturated rings. The van der Waals surface area contributed by atoms with Crippen LogP contribution in [0.15, 0.2) is 54.7 Å². The van der Waals surface area contributed by atoms with Crippen molar-refractivity contribution in [2.24, 2.45) is 0 Å². The second kappa shape index (κ2) is 5.80. The molecule has 0 aliphatic rings. The first-order valence-electron chi connectivity index (χ1n) is 6.61. The number of aliphatic hydroxyl groups is 1. The third-order valence-corrected chi connectivity index (χ3v) is 3.82. The Kier molecular flexibility index (Phi) is 3.86. The molecule has 0 aliphatic carbocycles. The number of halogens is 2. The van der Waals surface area contributed by atoms with Crippen molar-refractivity contribution in [3.05, 3.63) is 76.7 Å². The molecular weight excluding hydrogens is 289 g/mol. The highest BCUT2D eigenvalue weighted by molar-refractivity contribution is 6.31. The van der Waals surface area contributed by atoms with E-state index in [-0.39, 0.29) is 5.82 Å². The minimum absolute atomic E-state index is 0.326. The zero-order valence-corrected chi connectivity index (χ0v) is 11.9. The van der Waals surface area contributed by atoms with Crippen molar-refractivity contribution in [1.82, 2.24) is 4.98 Å². The van der Waals surface area contributed by atoms with Crippen LogP contribution in [0.2, 0.25) is 5.02 Å². The molecule has 2 nitrogen and oxygen atoms in total. The lowest BCUT2D eigenvalue weighted by atomic mass is 9.98. The standard InChI is InChI=1S/C17H13ClFNO/c18-15-10-12(19)7-6-11(15)9-17(21)14-3-1-5-16-13(14)4-2-8-20-16/h1-8,10,17,21H,9H2. The molecule has 2 aromatic carbocycles. The first-order chi connectivity index (χ1) is 10.1. The van der Waals surface area contributed by atoms with Crippen LogP contribution in [0.25, 0.3) is 10.9 Å². The van der Waals surface area contributed by atoms with Crippen molar-refractivity contribution in [3.63, 3.8) is 0 Å². The maximum atomic E-state index is 13.1. The predicted molar refractivity (Wildman–Crippen MR) is 81.8 cm³/mol. The van der Waals surface area contributed by atoms with E-state index in [0.29, 0.717) is 17.0 Å². The summed E-state index contributed by atoms with van der Waals surface area (Å²) in [6.07, 6.45) is 1.32. The van der Waals surface area contributed by atoms with E-state index >= 15 is 0 Å². The highest BCUT2D eigenvalue weighted by Gasteiger charge is 2.14. The van der Waals surface area contributed by atoms with Gasteiger partial charge in [0.05, 0.1) is 11.6 Å². The van der Waals surface area contributed by atoms with Gasteiger partial charge in [0.2, 0.25) is 0 Å². The summed E-state index contributed by atoms with van der Waals surface area (Å²) in [5.74, 6) is -0.382. The molecule has 3 rings (SSSR count). The van der Waals surface area contributed by atoms with Gasteiger partial charge in [-0.05, 0) is 35.4 Å². The highest BCUT2D eigenvalue weighted by Crippen LogP contribution is 2.28. The van der Waals surface area contributed by atoms with Crippen LogP contribution in [-0.2, 0) is 6.42 Å². The Morgan fingerprint density at radius 1 is 1.14 bits per heavy atom. The summed E-state index contributed by atoms with van der Waals surface area (Å²) < 4.78 is 13.1. The number of hydrogen-bond acceptors (Lipinski definition) is 2. The molecule has 0 bridgehead atoms. The zero-order chi connectivity index (χ0) is 14.8. The molecule has 0 amide bonds. The summed E-state index contributed by atoms with van der Waals surface area (Å²) in [6.45, 7) is 0. The maximum Gasteiger partial charge on any atom is 0.124 e. The zero-order valence-electron chi connectivity index (χ0n) is 11.1. The van der Waals surface area contributed by atoms with E-state index in [1.807, 2.05) is 30.3 Å². The van der Waals surface area contributed by atoms with Gasteiger partial charge in [0.25, 0.3) is 0 Å². The molecule has 1 unspecified atom stereocenters. The van der Waals surface area contributed by atoms with E-state index in [2.05, 4.69) is 4.98 Å². The fraction of sp³-hybridized carbons (Fsp3) is 0.118. The number of fused-ring (bicyclic) bond motifs is 1. The average Bonchev–Trinajstić information content (AvgIpc) is 2.49. The Hall–Kier alpha value is -1.97. The molecule has 0 saturated heterocycles. The minimum Gasteiger partial charge on any atom is -0.388 e. The molecule has 1 N–H and O–H groups in total. The Bertz CT molecular complexity index is 785. The van der Waals surface area contributed by atoms with Crippen LogP contribution < -0.4 is 0 Å². The largest absolute Gasteiger partial charge is 0.388 e. The van der Waals surface area contributed by atoms with Crippen molar-refractivity contribution in [1.29, 1.82) is 0 Å². The Morgan fingerprint density at radius 3 is 2.81 bits per heavy atom. The van der Waals surface area contributed by atoms with E-state index in [1.165, 1.54) is 12.1 Å². The topological polar surface area (TPSA) is 33.1 Å². The molecule has 0 radical (unpaired) electrons. The van der Waals surface area contributed by atoms with E-state index in [4.69, 9.17) is 11.6 Å². The van der Waals surface area contributed by atoms with Gasteiger partial charge in [-0.25, -0.2) is 4.39 Å². The number of pyridine rings is 1. The van der Waals surface area contributed by atoms with Crippen molar-refractivity contribution in [3.8, 4) is 0 Å². The summed E-state index contributed by atoms with van der Waals surface area (Å²) in [4.78, 5) is 4.27. The number of aromatic nitrogens is 1. The van der Waals surface area contributed by atoms with E-state index < -0.39 is 6.10 Å². The quantitative estimate of drug-likeness (QED) is 0.782. The lowest BCUT2D eigenvalue weighted by Gasteiger charge is -2.14. The maximum absolute atomic E-state index is 13.1. The van der Waals surface area contributed by atoms with Crippen LogP contribution in [-0.4, -0.2) is 10.1 Å². The average molecular weight is 302 g/mol. The Balaban J connectivity index is 1.95. The number of hydrogen-bond donors (Lipinski definition) is 1. The second-order valence-electron chi connectivity index (χ2n) is 4.87. The number of benzene rings is 2. The lowest BCUT2D eigenvalue weighted by molar-refractivity contribution is 0.180. The summed E-state index contributed by atoms with van der Waals surface area (Å²) in [6, 6.07) is 13.6. The Labute approximate surface area is 126 Å². The summed E-state index contributed by atoms with van der Waals surface area (Å²) >= 11 is 6.02. The number of aliphatic hydroxyl groups excluding tert-OH is 1. The van der Waals surface area contributed by atoms with Gasteiger partial charge in [-0.3, -0.25) is 4.98 Å². The van der Waals surface area contributed by atoms with Gasteiger partial charge >= 0.3 is 0 Å². The van der Waals surface area contributed by atoms with Crippen LogP contribution in [0.5, 0.6) is 0 Å². The summed E-state index contributed by atoms with van der Waals surface area (Å²) in [5.41, 5.74) is 2.34. The molecule has 4 heteroatoms. The Morgan fingerprint density at radius 2 is 2.00 bits per heavy atom. The molecule has 106 valence electrons. The van der Waals surface area contributed by atoms with Gasteiger partial charge in [-0.1, -0.05) is 35.9 Å². The van der Waals surface area contributed by atoms with Crippen LogP contribution in [0.3, 0.4) is 0 Å². The third-order valence-electron chi connectivity index (χ3n) is 3.47. The predicted octanol–water partition coefficient (Wildman–Crippen LogP) is 4.30. The van der Waals surface area contributed by atoms with E-state index in [9.17, 15) is 9.50 Å². The molecule has 1 heterocycles. The van der Waals surface area contributed by atoms with Gasteiger partial charge in [0.15, 0.2) is 0 Å². The number of rotatable bonds is 3. The van der Waals surface area contributed by atoms with Crippen molar-refractivity contribution in [2.45, 2.75) is 12.5 Å². The molecule has 0 saturated carbocycles. The van der Waals surface area contributed by atoms with Crippen LogP contribution >= 0.6 is 11.6 Å². The normalized spacial score (nSPS) is 12.5. The second-order valence-corrected chi connectivity index (χ2v) is 5.28. The van der Waals surface area contributed by atoms with Crippen molar-refractivity contribution < 1.29 is 9.50 Å². The first-order valence-corrected chi connectivity index (χ1v) is 6.98. The first kappa shape index (κ1) is 14.0. The van der Waals surface area contributed by atoms with Gasteiger partial charge < -0.3 is 5.11 Å². The molecule has 1 aromatic heterocycles. The summed E-state index contributed by atoms with van der Waals surface area (Å²) in [7, 11) is 0. The van der Waals surface area contributed by atoms with Gasteiger partial charge in [-0.15, -0.1) is 0 Å². The molecule has 0 spiro atoms. The van der Waals surface area contributed by atoms with Crippen molar-refractivity contribution >= 4 is 22.5 Å². The molecule has 1 atom stereocenters. The SMILES string of the molecule is OC(Cc1ccc(F)cc1Cl)c1cccc2ncccc12. The van der Waals surface area contributed by atoms with Crippen LogP contribution in [0.1, 0.15) is 17.2 Å². The molecular formula is C17H13ClFNO. The van der Waals surface area contributed by atoms with Gasteiger partial charge in [0.1, 0.15) is 5.82 Å². The molecule has 21 heavy (non-hydrogen) atoms. The van der Waals surface area contributed by atoms with E-state index in [0.717, 1.165) is 16.5 Å². The third kappa shape index (κ3) is 2.89. The highest BCUT2D eigenvalue weighted by atomic mass is 35.5. The van der Waals surface area contributed by atoms with Crippen LogP contribution in [0, 0.1) is 5.82 Å². The summed E-state index contributed by atoms with van der Waals surface area (Å²) in [5, 5.41) is 11.7. The lowest BCUT2D eigenvalue weighted by Crippen LogP contribution is -2.03. The van der Waals surface area contributed by atoms with Gasteiger partial charge in [-0.2, -0.15) is 0 Å². The van der Waals surface area contributed by atoms with E-state index in [1.54, 1.807) is 12.3 Å². The fourth-order valence-electron chi connectivity index (χ4n) is 2.42. The van der Waals surface area contributed by atoms with Crippen LogP contribution in [0.4, 0.5) is 4.39 Å². The minimum atomic E-state index is -0.721. The van der Waals surface area contributed by atoms with Gasteiger partial charge in [0, 0.05) is 23.0 Å². The monoisotopic (exact) mass is 301 g/mol. The fourth-order valence-corrected chi connectivity index (χ4v) is 2.67. The van der Waals surface area contributed by atoms with Crippen molar-refractivity contribution in [2.75, 3.05) is 0 Å². The number of nitrogens with zero attached hydrogens (tertiary/aromatic N) is 1. The molecule has 0 aliphatic heterocycles. The smallest absolute Gasteiger partial charge is 0.124 e. The molecule has 3 aromatic rings.